The number of pyridine rings is 1. The summed E-state index contributed by atoms with van der Waals surface area (Å²) >= 11 is 0. The topological polar surface area (TPSA) is 51.1 Å². The molecular weight excluding hydrogens is 283 g/mol. The summed E-state index contributed by atoms with van der Waals surface area (Å²) in [5.74, 6) is -0.421. The van der Waals surface area contributed by atoms with Gasteiger partial charge in [0.1, 0.15) is 5.82 Å². The van der Waals surface area contributed by atoms with E-state index in [1.165, 1.54) is 12.1 Å². The molecule has 0 unspecified atom stereocenters. The highest BCUT2D eigenvalue weighted by Gasteiger charge is 2.03. The molecule has 5 heteroatoms. The van der Waals surface area contributed by atoms with Gasteiger partial charge in [-0.1, -0.05) is 12.1 Å². The van der Waals surface area contributed by atoms with E-state index in [0.29, 0.717) is 19.5 Å². The fraction of sp³-hybridized carbons (Fsp3) is 0.294. The Morgan fingerprint density at radius 1 is 1.23 bits per heavy atom. The van der Waals surface area contributed by atoms with E-state index < -0.39 is 0 Å². The highest BCUT2D eigenvalue weighted by atomic mass is 19.1. The van der Waals surface area contributed by atoms with Gasteiger partial charge in [-0.05, 0) is 42.7 Å². The molecular formula is C17H19FN2O2. The molecule has 1 aromatic carbocycles. The Morgan fingerprint density at radius 3 is 2.64 bits per heavy atom. The first-order chi connectivity index (χ1) is 10.5. The number of nitrogens with zero attached hydrogens (tertiary/aromatic N) is 1. The van der Waals surface area contributed by atoms with Crippen molar-refractivity contribution in [3.8, 4) is 0 Å². The van der Waals surface area contributed by atoms with Crippen molar-refractivity contribution >= 4 is 5.91 Å². The van der Waals surface area contributed by atoms with E-state index in [1.807, 2.05) is 13.0 Å². The molecule has 4 nitrogen and oxygen atoms in total. The van der Waals surface area contributed by atoms with Crippen LogP contribution in [0.1, 0.15) is 17.5 Å². The van der Waals surface area contributed by atoms with Crippen LogP contribution in [-0.2, 0) is 17.8 Å². The van der Waals surface area contributed by atoms with Crippen molar-refractivity contribution < 1.29 is 9.18 Å². The normalized spacial score (nSPS) is 10.5. The van der Waals surface area contributed by atoms with E-state index >= 15 is 0 Å². The SMILES string of the molecule is Cc1ccn(CCCNC(=O)Cc2ccc(F)cc2)c(=O)c1. The van der Waals surface area contributed by atoms with Gasteiger partial charge < -0.3 is 9.88 Å². The van der Waals surface area contributed by atoms with Crippen molar-refractivity contribution in [2.45, 2.75) is 26.3 Å². The summed E-state index contributed by atoms with van der Waals surface area (Å²) < 4.78 is 14.4. The van der Waals surface area contributed by atoms with Crippen LogP contribution in [0.5, 0.6) is 0 Å². The molecule has 1 N–H and O–H groups in total. The molecule has 116 valence electrons. The molecule has 0 saturated heterocycles. The molecule has 0 radical (unpaired) electrons. The lowest BCUT2D eigenvalue weighted by Crippen LogP contribution is -2.28. The van der Waals surface area contributed by atoms with Gasteiger partial charge in [0.15, 0.2) is 0 Å². The number of aromatic nitrogens is 1. The first-order valence-corrected chi connectivity index (χ1v) is 7.23. The van der Waals surface area contributed by atoms with Gasteiger partial charge in [-0.3, -0.25) is 9.59 Å². The Bertz CT molecular complexity index is 693. The van der Waals surface area contributed by atoms with Crippen molar-refractivity contribution in [1.29, 1.82) is 0 Å². The van der Waals surface area contributed by atoms with Crippen molar-refractivity contribution in [2.75, 3.05) is 6.54 Å². The quantitative estimate of drug-likeness (QED) is 0.830. The van der Waals surface area contributed by atoms with Crippen LogP contribution in [0, 0.1) is 12.7 Å². The number of nitrogens with one attached hydrogen (secondary N) is 1. The van der Waals surface area contributed by atoms with Crippen LogP contribution in [-0.4, -0.2) is 17.0 Å². The number of hydrogen-bond donors (Lipinski definition) is 1. The molecule has 0 fully saturated rings. The summed E-state index contributed by atoms with van der Waals surface area (Å²) in [6, 6.07) is 9.35. The maximum absolute atomic E-state index is 12.8. The number of rotatable bonds is 6. The predicted octanol–water partition coefficient (Wildman–Crippen LogP) is 2.04. The maximum Gasteiger partial charge on any atom is 0.250 e. The van der Waals surface area contributed by atoms with E-state index in [-0.39, 0.29) is 23.7 Å². The molecule has 2 rings (SSSR count). The third kappa shape index (κ3) is 4.84. The highest BCUT2D eigenvalue weighted by Crippen LogP contribution is 2.03. The second-order valence-electron chi connectivity index (χ2n) is 5.24. The fourth-order valence-corrected chi connectivity index (χ4v) is 2.12. The molecule has 0 atom stereocenters. The summed E-state index contributed by atoms with van der Waals surface area (Å²) in [4.78, 5) is 23.4. The van der Waals surface area contributed by atoms with E-state index in [1.54, 1.807) is 29.0 Å². The number of carbonyl (C=O) groups is 1. The van der Waals surface area contributed by atoms with Gasteiger partial charge in [-0.15, -0.1) is 0 Å². The van der Waals surface area contributed by atoms with Gasteiger partial charge >= 0.3 is 0 Å². The monoisotopic (exact) mass is 302 g/mol. The van der Waals surface area contributed by atoms with Gasteiger partial charge in [0.25, 0.3) is 5.56 Å². The molecule has 22 heavy (non-hydrogen) atoms. The van der Waals surface area contributed by atoms with Crippen molar-refractivity contribution in [3.63, 3.8) is 0 Å². The molecule has 1 amide bonds. The minimum atomic E-state index is -0.312. The predicted molar refractivity (Wildman–Crippen MR) is 83.2 cm³/mol. The molecule has 0 aliphatic rings. The second kappa shape index (κ2) is 7.54. The molecule has 0 aliphatic heterocycles. The number of carbonyl (C=O) groups excluding carboxylic acids is 1. The second-order valence-corrected chi connectivity index (χ2v) is 5.24. The summed E-state index contributed by atoms with van der Waals surface area (Å²) in [5, 5.41) is 2.80. The lowest BCUT2D eigenvalue weighted by molar-refractivity contribution is -0.120. The summed E-state index contributed by atoms with van der Waals surface area (Å²) in [6.07, 6.45) is 2.67. The van der Waals surface area contributed by atoms with Crippen LogP contribution < -0.4 is 10.9 Å². The van der Waals surface area contributed by atoms with Gasteiger partial charge in [-0.25, -0.2) is 4.39 Å². The third-order valence-electron chi connectivity index (χ3n) is 3.33. The van der Waals surface area contributed by atoms with Crippen molar-refractivity contribution in [1.82, 2.24) is 9.88 Å². The third-order valence-corrected chi connectivity index (χ3v) is 3.33. The Morgan fingerprint density at radius 2 is 1.95 bits per heavy atom. The average Bonchev–Trinajstić information content (AvgIpc) is 2.48. The van der Waals surface area contributed by atoms with E-state index in [4.69, 9.17) is 0 Å². The molecule has 0 spiro atoms. The molecule has 0 saturated carbocycles. The molecule has 1 aromatic heterocycles. The number of benzene rings is 1. The largest absolute Gasteiger partial charge is 0.356 e. The Labute approximate surface area is 128 Å². The van der Waals surface area contributed by atoms with E-state index in [0.717, 1.165) is 11.1 Å². The van der Waals surface area contributed by atoms with E-state index in [9.17, 15) is 14.0 Å². The number of aryl methyl sites for hydroxylation is 2. The van der Waals surface area contributed by atoms with Gasteiger partial charge in [0.05, 0.1) is 6.42 Å². The van der Waals surface area contributed by atoms with Gasteiger partial charge in [-0.2, -0.15) is 0 Å². The van der Waals surface area contributed by atoms with E-state index in [2.05, 4.69) is 5.32 Å². The number of halogens is 1. The molecule has 1 heterocycles. The lowest BCUT2D eigenvalue weighted by atomic mass is 10.1. The number of amides is 1. The van der Waals surface area contributed by atoms with Crippen LogP contribution in [0.25, 0.3) is 0 Å². The first kappa shape index (κ1) is 15.9. The summed E-state index contributed by atoms with van der Waals surface area (Å²) in [5.41, 5.74) is 1.68. The van der Waals surface area contributed by atoms with Crippen LogP contribution in [0.4, 0.5) is 4.39 Å². The summed E-state index contributed by atoms with van der Waals surface area (Å²) in [6.45, 7) is 2.94. The Kier molecular flexibility index (Phi) is 5.47. The maximum atomic E-state index is 12.8. The minimum absolute atomic E-state index is 0.0300. The first-order valence-electron chi connectivity index (χ1n) is 7.23. The zero-order valence-electron chi connectivity index (χ0n) is 12.5. The fourth-order valence-electron chi connectivity index (χ4n) is 2.12. The standard InChI is InChI=1S/C17H19FN2O2/c1-13-7-10-20(17(22)11-13)9-2-8-19-16(21)12-14-3-5-15(18)6-4-14/h3-7,10-11H,2,8-9,12H2,1H3,(H,19,21). The molecule has 0 aliphatic carbocycles. The highest BCUT2D eigenvalue weighted by molar-refractivity contribution is 5.78. The van der Waals surface area contributed by atoms with Gasteiger partial charge in [0, 0.05) is 25.4 Å². The lowest BCUT2D eigenvalue weighted by Gasteiger charge is -2.07. The number of hydrogen-bond acceptors (Lipinski definition) is 2. The zero-order valence-corrected chi connectivity index (χ0v) is 12.5. The van der Waals surface area contributed by atoms with Crippen molar-refractivity contribution in [2.24, 2.45) is 0 Å². The Balaban J connectivity index is 1.73. The van der Waals surface area contributed by atoms with Crippen LogP contribution in [0.3, 0.4) is 0 Å². The summed E-state index contributed by atoms with van der Waals surface area (Å²) in [7, 11) is 0. The zero-order chi connectivity index (χ0) is 15.9. The van der Waals surface area contributed by atoms with Crippen LogP contribution >= 0.6 is 0 Å². The Hall–Kier alpha value is -2.43. The van der Waals surface area contributed by atoms with Crippen molar-refractivity contribution in [3.05, 3.63) is 69.9 Å². The average molecular weight is 302 g/mol. The minimum Gasteiger partial charge on any atom is -0.356 e. The van der Waals surface area contributed by atoms with Crippen LogP contribution in [0.15, 0.2) is 47.4 Å². The molecule has 2 aromatic rings. The van der Waals surface area contributed by atoms with Crippen LogP contribution in [0.2, 0.25) is 0 Å². The smallest absolute Gasteiger partial charge is 0.250 e. The molecule has 0 bridgehead atoms. The van der Waals surface area contributed by atoms with Gasteiger partial charge in [0.2, 0.25) is 5.91 Å².